The van der Waals surface area contributed by atoms with Gasteiger partial charge in [-0.05, 0) is 48.4 Å². The maximum Gasteiger partial charge on any atom is 0.416 e. The summed E-state index contributed by atoms with van der Waals surface area (Å²) in [7, 11) is 1.51. The fourth-order valence-corrected chi connectivity index (χ4v) is 2.15. The van der Waals surface area contributed by atoms with E-state index in [0.717, 1.165) is 17.7 Å². The van der Waals surface area contributed by atoms with Gasteiger partial charge in [0.05, 0.1) is 12.7 Å². The van der Waals surface area contributed by atoms with Crippen LogP contribution in [0.5, 0.6) is 11.5 Å². The lowest BCUT2D eigenvalue weighted by molar-refractivity contribution is -0.137. The second kappa shape index (κ2) is 7.37. The standard InChI is InChI=1S/C17H18F3NO2/c1-22-16-10-12(7-8-21)5-6-15(16)23-11-13-3-2-4-14(9-13)17(18,19)20/h2-6,9-10H,7-8,11,21H2,1H3. The van der Waals surface area contributed by atoms with Crippen LogP contribution in [0.15, 0.2) is 42.5 Å². The van der Waals surface area contributed by atoms with E-state index in [1.54, 1.807) is 12.1 Å². The summed E-state index contributed by atoms with van der Waals surface area (Å²) in [5.74, 6) is 1.01. The molecule has 0 spiro atoms. The maximum absolute atomic E-state index is 12.7. The van der Waals surface area contributed by atoms with Crippen molar-refractivity contribution in [1.82, 2.24) is 0 Å². The second-order valence-electron chi connectivity index (χ2n) is 5.01. The van der Waals surface area contributed by atoms with E-state index in [-0.39, 0.29) is 6.61 Å². The molecule has 2 aromatic carbocycles. The first-order valence-corrected chi connectivity index (χ1v) is 7.10. The molecule has 0 aromatic heterocycles. The van der Waals surface area contributed by atoms with Crippen LogP contribution >= 0.6 is 0 Å². The molecule has 0 atom stereocenters. The van der Waals surface area contributed by atoms with Crippen LogP contribution in [-0.2, 0) is 19.2 Å². The first-order valence-electron chi connectivity index (χ1n) is 7.10. The minimum atomic E-state index is -4.36. The Morgan fingerprint density at radius 1 is 1.00 bits per heavy atom. The lowest BCUT2D eigenvalue weighted by Crippen LogP contribution is -2.06. The third-order valence-electron chi connectivity index (χ3n) is 3.31. The Morgan fingerprint density at radius 3 is 2.43 bits per heavy atom. The smallest absolute Gasteiger partial charge is 0.416 e. The monoisotopic (exact) mass is 325 g/mol. The van der Waals surface area contributed by atoms with Gasteiger partial charge in [0.15, 0.2) is 11.5 Å². The molecule has 0 radical (unpaired) electrons. The molecular weight excluding hydrogens is 307 g/mol. The highest BCUT2D eigenvalue weighted by Gasteiger charge is 2.30. The van der Waals surface area contributed by atoms with E-state index >= 15 is 0 Å². The van der Waals surface area contributed by atoms with E-state index in [1.807, 2.05) is 12.1 Å². The van der Waals surface area contributed by atoms with Gasteiger partial charge in [0.2, 0.25) is 0 Å². The molecule has 6 heteroatoms. The zero-order chi connectivity index (χ0) is 16.9. The molecule has 3 nitrogen and oxygen atoms in total. The zero-order valence-corrected chi connectivity index (χ0v) is 12.7. The summed E-state index contributed by atoms with van der Waals surface area (Å²) in [6, 6.07) is 10.5. The summed E-state index contributed by atoms with van der Waals surface area (Å²) in [5.41, 5.74) is 6.27. The fourth-order valence-electron chi connectivity index (χ4n) is 2.15. The molecule has 0 aliphatic carbocycles. The predicted molar refractivity (Wildman–Crippen MR) is 81.5 cm³/mol. The van der Waals surface area contributed by atoms with Crippen molar-refractivity contribution in [3.05, 3.63) is 59.2 Å². The van der Waals surface area contributed by atoms with E-state index in [2.05, 4.69) is 0 Å². The molecule has 0 saturated heterocycles. The maximum atomic E-state index is 12.7. The Labute approximate surface area is 132 Å². The number of halogens is 3. The summed E-state index contributed by atoms with van der Waals surface area (Å²) in [5, 5.41) is 0. The molecule has 2 rings (SSSR count). The van der Waals surface area contributed by atoms with Crippen LogP contribution < -0.4 is 15.2 Å². The van der Waals surface area contributed by atoms with Crippen molar-refractivity contribution >= 4 is 0 Å². The molecule has 0 amide bonds. The number of ether oxygens (including phenoxy) is 2. The molecular formula is C17H18F3NO2. The molecule has 0 unspecified atom stereocenters. The van der Waals surface area contributed by atoms with Gasteiger partial charge in [-0.3, -0.25) is 0 Å². The largest absolute Gasteiger partial charge is 0.493 e. The summed E-state index contributed by atoms with van der Waals surface area (Å²) in [4.78, 5) is 0. The Morgan fingerprint density at radius 2 is 1.78 bits per heavy atom. The van der Waals surface area contributed by atoms with E-state index in [9.17, 15) is 13.2 Å². The van der Waals surface area contributed by atoms with Crippen molar-refractivity contribution in [2.24, 2.45) is 5.73 Å². The highest BCUT2D eigenvalue weighted by Crippen LogP contribution is 2.31. The van der Waals surface area contributed by atoms with Crippen molar-refractivity contribution in [3.63, 3.8) is 0 Å². The molecule has 0 saturated carbocycles. The summed E-state index contributed by atoms with van der Waals surface area (Å²) in [6.45, 7) is 0.546. The number of nitrogens with two attached hydrogens (primary N) is 1. The van der Waals surface area contributed by atoms with Gasteiger partial charge < -0.3 is 15.2 Å². The quantitative estimate of drug-likeness (QED) is 0.879. The second-order valence-corrected chi connectivity index (χ2v) is 5.01. The third kappa shape index (κ3) is 4.63. The summed E-state index contributed by atoms with van der Waals surface area (Å²) < 4.78 is 48.9. The van der Waals surface area contributed by atoms with Crippen LogP contribution in [0.2, 0.25) is 0 Å². The van der Waals surface area contributed by atoms with Gasteiger partial charge in [0.1, 0.15) is 6.61 Å². The topological polar surface area (TPSA) is 44.5 Å². The molecule has 0 aliphatic heterocycles. The number of benzene rings is 2. The normalized spacial score (nSPS) is 11.3. The molecule has 2 aromatic rings. The Bertz CT molecular complexity index is 657. The molecule has 124 valence electrons. The van der Waals surface area contributed by atoms with Crippen molar-refractivity contribution in [3.8, 4) is 11.5 Å². The van der Waals surface area contributed by atoms with Crippen LogP contribution in [0, 0.1) is 0 Å². The van der Waals surface area contributed by atoms with Crippen molar-refractivity contribution in [2.75, 3.05) is 13.7 Å². The minimum absolute atomic E-state index is 0.0243. The first-order chi connectivity index (χ1) is 10.9. The fraction of sp³-hybridized carbons (Fsp3) is 0.294. The van der Waals surface area contributed by atoms with Crippen LogP contribution in [0.1, 0.15) is 16.7 Å². The lowest BCUT2D eigenvalue weighted by atomic mass is 10.1. The number of rotatable bonds is 6. The number of methoxy groups -OCH3 is 1. The van der Waals surface area contributed by atoms with Crippen molar-refractivity contribution in [2.45, 2.75) is 19.2 Å². The van der Waals surface area contributed by atoms with Crippen LogP contribution in [0.4, 0.5) is 13.2 Å². The van der Waals surface area contributed by atoms with Gasteiger partial charge in [-0.25, -0.2) is 0 Å². The molecule has 23 heavy (non-hydrogen) atoms. The molecule has 0 bridgehead atoms. The molecule has 0 aliphatic rings. The van der Waals surface area contributed by atoms with Crippen molar-refractivity contribution in [1.29, 1.82) is 0 Å². The molecule has 0 heterocycles. The number of alkyl halides is 3. The molecule has 2 N–H and O–H groups in total. The Hall–Kier alpha value is -2.21. The third-order valence-corrected chi connectivity index (χ3v) is 3.31. The zero-order valence-electron chi connectivity index (χ0n) is 12.7. The van der Waals surface area contributed by atoms with E-state index in [4.69, 9.17) is 15.2 Å². The lowest BCUT2D eigenvalue weighted by Gasteiger charge is -2.13. The van der Waals surface area contributed by atoms with Gasteiger partial charge >= 0.3 is 6.18 Å². The average Bonchev–Trinajstić information content (AvgIpc) is 2.53. The summed E-state index contributed by atoms with van der Waals surface area (Å²) >= 11 is 0. The van der Waals surface area contributed by atoms with E-state index < -0.39 is 11.7 Å². The SMILES string of the molecule is COc1cc(CCN)ccc1OCc1cccc(C(F)(F)F)c1. The average molecular weight is 325 g/mol. The van der Waals surface area contributed by atoms with Gasteiger partial charge in [0, 0.05) is 0 Å². The highest BCUT2D eigenvalue weighted by molar-refractivity contribution is 5.43. The minimum Gasteiger partial charge on any atom is -0.493 e. The van der Waals surface area contributed by atoms with E-state index in [1.165, 1.54) is 13.2 Å². The van der Waals surface area contributed by atoms with Crippen LogP contribution in [0.3, 0.4) is 0 Å². The first kappa shape index (κ1) is 17.1. The van der Waals surface area contributed by atoms with Gasteiger partial charge in [0.25, 0.3) is 0 Å². The van der Waals surface area contributed by atoms with Crippen LogP contribution in [-0.4, -0.2) is 13.7 Å². The molecule has 0 fully saturated rings. The van der Waals surface area contributed by atoms with Crippen LogP contribution in [0.25, 0.3) is 0 Å². The Kier molecular flexibility index (Phi) is 5.50. The number of hydrogen-bond acceptors (Lipinski definition) is 3. The number of hydrogen-bond donors (Lipinski definition) is 1. The van der Waals surface area contributed by atoms with Gasteiger partial charge in [-0.1, -0.05) is 18.2 Å². The van der Waals surface area contributed by atoms with E-state index in [0.29, 0.717) is 30.0 Å². The van der Waals surface area contributed by atoms with Gasteiger partial charge in [-0.2, -0.15) is 13.2 Å². The van der Waals surface area contributed by atoms with Crippen molar-refractivity contribution < 1.29 is 22.6 Å². The van der Waals surface area contributed by atoms with Gasteiger partial charge in [-0.15, -0.1) is 0 Å². The highest BCUT2D eigenvalue weighted by atomic mass is 19.4. The summed E-state index contributed by atoms with van der Waals surface area (Å²) in [6.07, 6.45) is -3.65. The Balaban J connectivity index is 2.12. The predicted octanol–water partition coefficient (Wildman–Crippen LogP) is 3.79.